The Morgan fingerprint density at radius 3 is 2.81 bits per heavy atom. The summed E-state index contributed by atoms with van der Waals surface area (Å²) in [6, 6.07) is 9.49. The number of aryl methyl sites for hydroxylation is 2. The summed E-state index contributed by atoms with van der Waals surface area (Å²) in [5.41, 5.74) is 2.73. The summed E-state index contributed by atoms with van der Waals surface area (Å²) in [6.45, 7) is 3.64. The third-order valence-corrected chi connectivity index (χ3v) is 5.60. The van der Waals surface area contributed by atoms with E-state index in [9.17, 15) is 4.79 Å². The Hall–Kier alpha value is -2.70. The first-order valence-electron chi connectivity index (χ1n) is 7.82. The van der Waals surface area contributed by atoms with E-state index in [1.165, 1.54) is 23.1 Å². The minimum absolute atomic E-state index is 0.291. The molecule has 0 bridgehead atoms. The summed E-state index contributed by atoms with van der Waals surface area (Å²) in [4.78, 5) is 12.4. The second-order valence-corrected chi connectivity index (χ2v) is 7.54. The van der Waals surface area contributed by atoms with Crippen molar-refractivity contribution < 1.29 is 9.32 Å². The molecule has 132 valence electrons. The van der Waals surface area contributed by atoms with Crippen LogP contribution >= 0.6 is 23.1 Å². The molecule has 1 N–H and O–H groups in total. The van der Waals surface area contributed by atoms with E-state index in [1.54, 1.807) is 19.1 Å². The van der Waals surface area contributed by atoms with Gasteiger partial charge in [-0.15, -0.1) is 10.2 Å². The van der Waals surface area contributed by atoms with Crippen molar-refractivity contribution in [2.24, 2.45) is 0 Å². The largest absolute Gasteiger partial charge is 0.360 e. The Labute approximate surface area is 158 Å². The number of carbonyl (C=O) groups is 1. The van der Waals surface area contributed by atoms with Gasteiger partial charge in [0, 0.05) is 12.2 Å². The highest BCUT2D eigenvalue weighted by atomic mass is 32.2. The lowest BCUT2D eigenvalue weighted by molar-refractivity contribution is 0.102. The highest BCUT2D eigenvalue weighted by molar-refractivity contribution is 8.00. The highest BCUT2D eigenvalue weighted by Crippen LogP contribution is 2.29. The van der Waals surface area contributed by atoms with Crippen LogP contribution in [0.1, 0.15) is 39.9 Å². The minimum Gasteiger partial charge on any atom is -0.360 e. The van der Waals surface area contributed by atoms with Crippen molar-refractivity contribution in [2.45, 2.75) is 30.4 Å². The minimum atomic E-state index is -0.291. The average Bonchev–Trinajstić information content (AvgIpc) is 3.26. The molecular formula is C17H15N5O2S2. The SMILES string of the molecule is CCc1onc(C)c1C(=O)Nc1nnc(SCc2ccc(C#N)cc2)s1. The second-order valence-electron chi connectivity index (χ2n) is 5.34. The molecule has 2 heterocycles. The number of benzene rings is 1. The summed E-state index contributed by atoms with van der Waals surface area (Å²) in [6.07, 6.45) is 0.589. The summed E-state index contributed by atoms with van der Waals surface area (Å²) < 4.78 is 5.90. The predicted octanol–water partition coefficient (Wildman–Crippen LogP) is 3.81. The van der Waals surface area contributed by atoms with Crippen LogP contribution in [0, 0.1) is 18.3 Å². The molecule has 3 aromatic rings. The van der Waals surface area contributed by atoms with Crippen molar-refractivity contribution in [2.75, 3.05) is 5.32 Å². The van der Waals surface area contributed by atoms with Gasteiger partial charge in [0.2, 0.25) is 5.13 Å². The highest BCUT2D eigenvalue weighted by Gasteiger charge is 2.20. The lowest BCUT2D eigenvalue weighted by Crippen LogP contribution is -2.14. The van der Waals surface area contributed by atoms with Crippen LogP contribution in [0.15, 0.2) is 33.1 Å². The third-order valence-electron chi connectivity index (χ3n) is 3.55. The van der Waals surface area contributed by atoms with Gasteiger partial charge >= 0.3 is 0 Å². The zero-order valence-electron chi connectivity index (χ0n) is 14.1. The zero-order valence-corrected chi connectivity index (χ0v) is 15.8. The predicted molar refractivity (Wildman–Crippen MR) is 99.2 cm³/mol. The van der Waals surface area contributed by atoms with E-state index in [1.807, 2.05) is 19.1 Å². The summed E-state index contributed by atoms with van der Waals surface area (Å²) >= 11 is 2.83. The van der Waals surface area contributed by atoms with E-state index in [-0.39, 0.29) is 5.91 Å². The molecule has 0 aliphatic rings. The molecule has 26 heavy (non-hydrogen) atoms. The Morgan fingerprint density at radius 1 is 1.35 bits per heavy atom. The maximum Gasteiger partial charge on any atom is 0.263 e. The first kappa shape index (κ1) is 18.1. The Kier molecular flexibility index (Phi) is 5.65. The number of carbonyl (C=O) groups excluding carboxylic acids is 1. The molecule has 0 aliphatic carbocycles. The van der Waals surface area contributed by atoms with Gasteiger partial charge < -0.3 is 4.52 Å². The molecule has 0 saturated heterocycles. The Bertz CT molecular complexity index is 956. The van der Waals surface area contributed by atoms with E-state index in [0.29, 0.717) is 39.9 Å². The van der Waals surface area contributed by atoms with E-state index in [4.69, 9.17) is 9.78 Å². The Balaban J connectivity index is 1.61. The van der Waals surface area contributed by atoms with Crippen molar-refractivity contribution in [3.63, 3.8) is 0 Å². The van der Waals surface area contributed by atoms with Crippen molar-refractivity contribution >= 4 is 34.1 Å². The first-order chi connectivity index (χ1) is 12.6. The average molecular weight is 385 g/mol. The fourth-order valence-corrected chi connectivity index (χ4v) is 3.95. The number of aromatic nitrogens is 3. The van der Waals surface area contributed by atoms with Crippen molar-refractivity contribution in [3.05, 3.63) is 52.4 Å². The number of rotatable bonds is 6. The molecule has 7 nitrogen and oxygen atoms in total. The van der Waals surface area contributed by atoms with Crippen LogP contribution in [0.25, 0.3) is 0 Å². The summed E-state index contributed by atoms with van der Waals surface area (Å²) in [5, 5.41) is 23.9. The maximum atomic E-state index is 12.4. The summed E-state index contributed by atoms with van der Waals surface area (Å²) in [5.74, 6) is 0.972. The molecule has 2 aromatic heterocycles. The maximum absolute atomic E-state index is 12.4. The number of thioether (sulfide) groups is 1. The molecule has 9 heteroatoms. The van der Waals surface area contributed by atoms with Gasteiger partial charge in [-0.1, -0.05) is 47.3 Å². The van der Waals surface area contributed by atoms with Crippen LogP contribution in [0.5, 0.6) is 0 Å². The Morgan fingerprint density at radius 2 is 2.12 bits per heavy atom. The molecule has 0 radical (unpaired) electrons. The van der Waals surface area contributed by atoms with E-state index >= 15 is 0 Å². The van der Waals surface area contributed by atoms with Gasteiger partial charge in [-0.25, -0.2) is 0 Å². The molecular weight excluding hydrogens is 370 g/mol. The van der Waals surface area contributed by atoms with Crippen LogP contribution in [0.3, 0.4) is 0 Å². The van der Waals surface area contributed by atoms with Crippen LogP contribution in [-0.4, -0.2) is 21.3 Å². The third kappa shape index (κ3) is 4.09. The van der Waals surface area contributed by atoms with Gasteiger partial charge in [0.05, 0.1) is 17.3 Å². The van der Waals surface area contributed by atoms with E-state index < -0.39 is 0 Å². The van der Waals surface area contributed by atoms with Crippen LogP contribution in [0.4, 0.5) is 5.13 Å². The number of hydrogen-bond donors (Lipinski definition) is 1. The standard InChI is InChI=1S/C17H15N5O2S2/c1-3-13-14(10(2)22-24-13)15(23)19-16-20-21-17(26-16)25-9-12-6-4-11(8-18)5-7-12/h4-7H,3,9H2,1-2H3,(H,19,20,23). The number of nitrogens with zero attached hydrogens (tertiary/aromatic N) is 4. The molecule has 3 rings (SSSR count). The van der Waals surface area contributed by atoms with Gasteiger partial charge in [-0.2, -0.15) is 5.26 Å². The van der Waals surface area contributed by atoms with Crippen LogP contribution in [0.2, 0.25) is 0 Å². The number of nitriles is 1. The van der Waals surface area contributed by atoms with E-state index in [2.05, 4.69) is 26.7 Å². The van der Waals surface area contributed by atoms with Crippen LogP contribution < -0.4 is 5.32 Å². The van der Waals surface area contributed by atoms with Gasteiger partial charge in [-0.3, -0.25) is 10.1 Å². The zero-order chi connectivity index (χ0) is 18.5. The topological polar surface area (TPSA) is 105 Å². The van der Waals surface area contributed by atoms with Crippen molar-refractivity contribution in [1.82, 2.24) is 15.4 Å². The second kappa shape index (κ2) is 8.12. The first-order valence-corrected chi connectivity index (χ1v) is 9.62. The normalized spacial score (nSPS) is 10.5. The molecule has 0 saturated carbocycles. The quantitative estimate of drug-likeness (QED) is 0.508. The van der Waals surface area contributed by atoms with Gasteiger partial charge in [-0.05, 0) is 24.6 Å². The molecule has 1 amide bonds. The fourth-order valence-electron chi connectivity index (χ4n) is 2.25. The molecule has 0 fully saturated rings. The van der Waals surface area contributed by atoms with Crippen molar-refractivity contribution in [3.8, 4) is 6.07 Å². The number of nitrogens with one attached hydrogen (secondary N) is 1. The van der Waals surface area contributed by atoms with Gasteiger partial charge in [0.25, 0.3) is 5.91 Å². The molecule has 0 spiro atoms. The molecule has 0 aliphatic heterocycles. The van der Waals surface area contributed by atoms with Crippen molar-refractivity contribution in [1.29, 1.82) is 5.26 Å². The van der Waals surface area contributed by atoms with Gasteiger partial charge in [0.1, 0.15) is 11.3 Å². The van der Waals surface area contributed by atoms with Crippen LogP contribution in [-0.2, 0) is 12.2 Å². The lowest BCUT2D eigenvalue weighted by Gasteiger charge is -2.00. The van der Waals surface area contributed by atoms with Gasteiger partial charge in [0.15, 0.2) is 4.34 Å². The van der Waals surface area contributed by atoms with E-state index in [0.717, 1.165) is 9.90 Å². The molecule has 0 unspecified atom stereocenters. The monoisotopic (exact) mass is 385 g/mol. The smallest absolute Gasteiger partial charge is 0.263 e. The molecule has 0 atom stereocenters. The molecule has 1 aromatic carbocycles. The number of amides is 1. The fraction of sp³-hybridized carbons (Fsp3) is 0.235. The number of hydrogen-bond acceptors (Lipinski definition) is 8. The lowest BCUT2D eigenvalue weighted by atomic mass is 10.1. The summed E-state index contributed by atoms with van der Waals surface area (Å²) in [7, 11) is 0. The number of anilines is 1.